The number of benzene rings is 1. The van der Waals surface area contributed by atoms with Crippen LogP contribution in [-0.2, 0) is 21.4 Å². The fraction of sp³-hybridized carbons (Fsp3) is 0.450. The first kappa shape index (κ1) is 22.5. The molecule has 0 spiro atoms. The zero-order chi connectivity index (χ0) is 20.9. The third kappa shape index (κ3) is 5.41. The van der Waals surface area contributed by atoms with E-state index in [1.54, 1.807) is 36.5 Å². The molecule has 0 aliphatic heterocycles. The Morgan fingerprint density at radius 1 is 1.14 bits per heavy atom. The molecule has 1 aromatic heterocycles. The van der Waals surface area contributed by atoms with Gasteiger partial charge in [-0.15, -0.1) is 11.3 Å². The molecule has 1 heterocycles. The third-order valence-electron chi connectivity index (χ3n) is 4.69. The second-order valence-corrected chi connectivity index (χ2v) is 9.86. The summed E-state index contributed by atoms with van der Waals surface area (Å²) in [5, 5.41) is 4.90. The van der Waals surface area contributed by atoms with Gasteiger partial charge in [0, 0.05) is 18.8 Å². The Bertz CT molecular complexity index is 919. The molecule has 1 unspecified atom stereocenters. The molecule has 2 rings (SSSR count). The number of likely N-dealkylation sites (N-methyl/N-ethyl adjacent to an activating group) is 1. The van der Waals surface area contributed by atoms with Crippen molar-refractivity contribution in [1.29, 1.82) is 0 Å². The average molecular weight is 425 g/mol. The minimum Gasteiger partial charge on any atom is -0.325 e. The Kier molecular flexibility index (Phi) is 7.77. The molecule has 0 aliphatic rings. The first-order chi connectivity index (χ1) is 13.2. The van der Waals surface area contributed by atoms with E-state index in [1.165, 1.54) is 14.7 Å². The van der Waals surface area contributed by atoms with Gasteiger partial charge in [0.1, 0.15) is 6.54 Å². The summed E-state index contributed by atoms with van der Waals surface area (Å²) in [6.45, 7) is 9.38. The molecular weight excluding hydrogens is 394 g/mol. The van der Waals surface area contributed by atoms with Crippen molar-refractivity contribution >= 4 is 33.0 Å². The minimum absolute atomic E-state index is 0.137. The van der Waals surface area contributed by atoms with Crippen LogP contribution in [0.15, 0.2) is 34.5 Å². The van der Waals surface area contributed by atoms with Crippen LogP contribution in [-0.4, -0.2) is 45.3 Å². The van der Waals surface area contributed by atoms with Gasteiger partial charge in [-0.25, -0.2) is 8.42 Å². The van der Waals surface area contributed by atoms with Crippen molar-refractivity contribution in [2.75, 3.05) is 32.0 Å². The third-order valence-corrected chi connectivity index (χ3v) is 7.90. The number of aryl methyl sites for hydroxylation is 2. The molecule has 1 atom stereocenters. The monoisotopic (exact) mass is 424 g/mol. The number of carbonyl (C=O) groups excluding carboxylic acids is 1. The lowest BCUT2D eigenvalue weighted by atomic mass is 10.2. The Balaban J connectivity index is 2.10. The van der Waals surface area contributed by atoms with Crippen LogP contribution in [0.4, 0.5) is 5.69 Å². The molecule has 0 saturated carbocycles. The summed E-state index contributed by atoms with van der Waals surface area (Å²) in [7, 11) is -1.60. The van der Waals surface area contributed by atoms with Crippen LogP contribution >= 0.6 is 11.3 Å². The lowest BCUT2D eigenvalue weighted by Crippen LogP contribution is -3.08. The molecule has 0 radical (unpaired) electrons. The van der Waals surface area contributed by atoms with Crippen LogP contribution in [0, 0.1) is 13.8 Å². The molecule has 2 N–H and O–H groups in total. The highest BCUT2D eigenvalue weighted by molar-refractivity contribution is 7.89. The minimum atomic E-state index is -3.57. The summed E-state index contributed by atoms with van der Waals surface area (Å²) in [5.41, 5.74) is 2.41. The summed E-state index contributed by atoms with van der Waals surface area (Å²) < 4.78 is 27.1. The van der Waals surface area contributed by atoms with E-state index in [9.17, 15) is 13.2 Å². The molecule has 2 aromatic rings. The maximum Gasteiger partial charge on any atom is 0.279 e. The fourth-order valence-electron chi connectivity index (χ4n) is 3.06. The van der Waals surface area contributed by atoms with E-state index in [0.29, 0.717) is 30.9 Å². The Hall–Kier alpha value is -1.74. The quantitative estimate of drug-likeness (QED) is 0.647. The Morgan fingerprint density at radius 3 is 2.39 bits per heavy atom. The first-order valence-electron chi connectivity index (χ1n) is 9.43. The van der Waals surface area contributed by atoms with Crippen molar-refractivity contribution in [2.24, 2.45) is 0 Å². The number of anilines is 1. The van der Waals surface area contributed by atoms with E-state index in [4.69, 9.17) is 0 Å². The number of hydrogen-bond acceptors (Lipinski definition) is 4. The normalized spacial score (nSPS) is 12.9. The van der Waals surface area contributed by atoms with E-state index in [1.807, 2.05) is 20.9 Å². The lowest BCUT2D eigenvalue weighted by Gasteiger charge is -2.20. The molecular formula is C20H30N3O3S2+. The van der Waals surface area contributed by atoms with Crippen LogP contribution < -0.4 is 10.2 Å². The molecule has 0 bridgehead atoms. The standard InChI is InChI=1S/C20H29N3O3S2/c1-6-23(7-2)28(25,26)19-12-17(9-8-16(19)4)21-20(24)14-22(5)13-18-15(3)10-11-27-18/h8-12H,6-7,13-14H2,1-5H3,(H,21,24)/p+1. The number of quaternary nitrogens is 1. The Morgan fingerprint density at radius 2 is 1.82 bits per heavy atom. The number of carbonyl (C=O) groups is 1. The zero-order valence-corrected chi connectivity index (χ0v) is 18.8. The van der Waals surface area contributed by atoms with Crippen LogP contribution in [0.25, 0.3) is 0 Å². The van der Waals surface area contributed by atoms with Gasteiger partial charge < -0.3 is 10.2 Å². The number of thiophene rings is 1. The Labute approximate surface area is 172 Å². The maximum absolute atomic E-state index is 12.9. The number of rotatable bonds is 9. The summed E-state index contributed by atoms with van der Waals surface area (Å²) >= 11 is 1.70. The molecule has 154 valence electrons. The van der Waals surface area contributed by atoms with E-state index < -0.39 is 10.0 Å². The molecule has 0 fully saturated rings. The van der Waals surface area contributed by atoms with E-state index >= 15 is 0 Å². The summed E-state index contributed by atoms with van der Waals surface area (Å²) in [5.74, 6) is -0.137. The smallest absolute Gasteiger partial charge is 0.279 e. The molecule has 8 heteroatoms. The number of amides is 1. The van der Waals surface area contributed by atoms with Gasteiger partial charge in [0.15, 0.2) is 6.54 Å². The maximum atomic E-state index is 12.9. The van der Waals surface area contributed by atoms with Crippen LogP contribution in [0.5, 0.6) is 0 Å². The van der Waals surface area contributed by atoms with Gasteiger partial charge >= 0.3 is 0 Å². The summed E-state index contributed by atoms with van der Waals surface area (Å²) in [6, 6.07) is 7.11. The van der Waals surface area contributed by atoms with Gasteiger partial charge in [0.2, 0.25) is 10.0 Å². The van der Waals surface area contributed by atoms with Crippen molar-refractivity contribution in [3.05, 3.63) is 45.6 Å². The fourth-order valence-corrected chi connectivity index (χ4v) is 5.79. The molecule has 28 heavy (non-hydrogen) atoms. The van der Waals surface area contributed by atoms with Crippen molar-refractivity contribution in [1.82, 2.24) is 4.31 Å². The summed E-state index contributed by atoms with van der Waals surface area (Å²) in [6.07, 6.45) is 0. The predicted molar refractivity (Wildman–Crippen MR) is 114 cm³/mol. The lowest BCUT2D eigenvalue weighted by molar-refractivity contribution is -0.884. The van der Waals surface area contributed by atoms with Gasteiger partial charge in [-0.3, -0.25) is 4.79 Å². The number of sulfonamides is 1. The van der Waals surface area contributed by atoms with E-state index in [-0.39, 0.29) is 10.8 Å². The molecule has 6 nitrogen and oxygen atoms in total. The highest BCUT2D eigenvalue weighted by Crippen LogP contribution is 2.23. The highest BCUT2D eigenvalue weighted by Gasteiger charge is 2.24. The van der Waals surface area contributed by atoms with Crippen molar-refractivity contribution in [3.8, 4) is 0 Å². The van der Waals surface area contributed by atoms with E-state index in [0.717, 1.165) is 11.4 Å². The van der Waals surface area contributed by atoms with Crippen LogP contribution in [0.1, 0.15) is 29.9 Å². The van der Waals surface area contributed by atoms with Crippen LogP contribution in [0.2, 0.25) is 0 Å². The largest absolute Gasteiger partial charge is 0.325 e. The highest BCUT2D eigenvalue weighted by atomic mass is 32.2. The second-order valence-electron chi connectivity index (χ2n) is 6.96. The van der Waals surface area contributed by atoms with Crippen molar-refractivity contribution < 1.29 is 18.1 Å². The van der Waals surface area contributed by atoms with Gasteiger partial charge in [-0.2, -0.15) is 4.31 Å². The van der Waals surface area contributed by atoms with Crippen LogP contribution in [0.3, 0.4) is 0 Å². The van der Waals surface area contributed by atoms with Crippen molar-refractivity contribution in [3.63, 3.8) is 0 Å². The number of hydrogen-bond donors (Lipinski definition) is 2. The van der Waals surface area contributed by atoms with Gasteiger partial charge in [0.25, 0.3) is 5.91 Å². The van der Waals surface area contributed by atoms with E-state index in [2.05, 4.69) is 23.7 Å². The average Bonchev–Trinajstić information content (AvgIpc) is 3.01. The topological polar surface area (TPSA) is 70.9 Å². The van der Waals surface area contributed by atoms with Gasteiger partial charge in [-0.1, -0.05) is 19.9 Å². The second kappa shape index (κ2) is 9.65. The van der Waals surface area contributed by atoms with Gasteiger partial charge in [0.05, 0.1) is 16.8 Å². The predicted octanol–water partition coefficient (Wildman–Crippen LogP) is 2.05. The SMILES string of the molecule is CCN(CC)S(=O)(=O)c1cc(NC(=O)C[NH+](C)Cc2sccc2C)ccc1C. The molecule has 0 saturated heterocycles. The molecule has 1 aromatic carbocycles. The summed E-state index contributed by atoms with van der Waals surface area (Å²) in [4.78, 5) is 15.0. The molecule has 0 aliphatic carbocycles. The van der Waals surface area contributed by atoms with Crippen molar-refractivity contribution in [2.45, 2.75) is 39.1 Å². The number of nitrogens with one attached hydrogen (secondary N) is 2. The number of nitrogens with zero attached hydrogens (tertiary/aromatic N) is 1. The first-order valence-corrected chi connectivity index (χ1v) is 11.8. The van der Waals surface area contributed by atoms with Gasteiger partial charge in [-0.05, 0) is 48.6 Å². The molecule has 1 amide bonds. The zero-order valence-electron chi connectivity index (χ0n) is 17.2.